The van der Waals surface area contributed by atoms with Crippen LogP contribution in [-0.2, 0) is 6.54 Å². The van der Waals surface area contributed by atoms with Gasteiger partial charge < -0.3 is 11.1 Å². The Kier molecular flexibility index (Phi) is 4.61. The van der Waals surface area contributed by atoms with Gasteiger partial charge in [-0.05, 0) is 51.8 Å². The molecule has 2 rings (SSSR count). The highest BCUT2D eigenvalue weighted by molar-refractivity contribution is 9.11. The first-order valence-electron chi connectivity index (χ1n) is 5.64. The Morgan fingerprint density at radius 1 is 1.11 bits per heavy atom. The molecule has 0 heterocycles. The molecule has 2 aromatic carbocycles. The lowest BCUT2D eigenvalue weighted by Crippen LogP contribution is -2.23. The molecule has 3 nitrogen and oxygen atoms in total. The Bertz CT molecular complexity index is 597. The van der Waals surface area contributed by atoms with E-state index in [1.54, 1.807) is 6.07 Å². The highest BCUT2D eigenvalue weighted by Crippen LogP contribution is 2.21. The van der Waals surface area contributed by atoms with Crippen LogP contribution in [0, 0.1) is 0 Å². The largest absolute Gasteiger partial charge is 0.399 e. The summed E-state index contributed by atoms with van der Waals surface area (Å²) in [6, 6.07) is 12.9. The van der Waals surface area contributed by atoms with Crippen LogP contribution in [0.4, 0.5) is 5.69 Å². The van der Waals surface area contributed by atoms with E-state index in [9.17, 15) is 4.79 Å². The van der Waals surface area contributed by atoms with Gasteiger partial charge in [0.25, 0.3) is 5.91 Å². The van der Waals surface area contributed by atoms with Gasteiger partial charge >= 0.3 is 0 Å². The molecule has 0 aromatic heterocycles. The number of carbonyl (C=O) groups excluding carboxylic acids is 1. The maximum atomic E-state index is 12.1. The number of hydrogen-bond acceptors (Lipinski definition) is 2. The molecule has 3 N–H and O–H groups in total. The van der Waals surface area contributed by atoms with E-state index in [2.05, 4.69) is 37.2 Å². The van der Waals surface area contributed by atoms with E-state index in [1.807, 2.05) is 36.4 Å². The van der Waals surface area contributed by atoms with Crippen molar-refractivity contribution in [2.75, 3.05) is 5.73 Å². The molecule has 0 aliphatic carbocycles. The number of nitrogens with two attached hydrogens (primary N) is 1. The summed E-state index contributed by atoms with van der Waals surface area (Å²) in [6.07, 6.45) is 0. The van der Waals surface area contributed by atoms with E-state index in [-0.39, 0.29) is 5.91 Å². The van der Waals surface area contributed by atoms with Crippen molar-refractivity contribution < 1.29 is 4.79 Å². The van der Waals surface area contributed by atoms with E-state index in [4.69, 9.17) is 5.73 Å². The number of nitrogen functional groups attached to an aromatic ring is 1. The van der Waals surface area contributed by atoms with Crippen LogP contribution < -0.4 is 11.1 Å². The first kappa shape index (κ1) is 14.1. The van der Waals surface area contributed by atoms with Gasteiger partial charge in [-0.3, -0.25) is 4.79 Å². The lowest BCUT2D eigenvalue weighted by Gasteiger charge is -2.08. The molecule has 0 aliphatic rings. The number of hydrogen-bond donors (Lipinski definition) is 2. The minimum atomic E-state index is -0.120. The standard InChI is InChI=1S/C14H12Br2N2O/c15-10-3-6-13(16)12(7-10)14(19)18-8-9-1-4-11(17)5-2-9/h1-7H,8,17H2,(H,18,19). The summed E-state index contributed by atoms with van der Waals surface area (Å²) < 4.78 is 1.64. The normalized spacial score (nSPS) is 10.2. The van der Waals surface area contributed by atoms with Gasteiger partial charge in [-0.2, -0.15) is 0 Å². The fraction of sp³-hybridized carbons (Fsp3) is 0.0714. The van der Waals surface area contributed by atoms with Gasteiger partial charge in [0.2, 0.25) is 0 Å². The van der Waals surface area contributed by atoms with E-state index in [0.717, 1.165) is 14.5 Å². The lowest BCUT2D eigenvalue weighted by molar-refractivity contribution is 0.0950. The summed E-state index contributed by atoms with van der Waals surface area (Å²) in [4.78, 5) is 12.1. The van der Waals surface area contributed by atoms with E-state index in [0.29, 0.717) is 17.8 Å². The van der Waals surface area contributed by atoms with Gasteiger partial charge in [-0.15, -0.1) is 0 Å². The van der Waals surface area contributed by atoms with Crippen molar-refractivity contribution in [1.29, 1.82) is 0 Å². The van der Waals surface area contributed by atoms with E-state index >= 15 is 0 Å². The van der Waals surface area contributed by atoms with Crippen LogP contribution in [0.5, 0.6) is 0 Å². The molecule has 0 aliphatic heterocycles. The molecule has 98 valence electrons. The Morgan fingerprint density at radius 3 is 2.47 bits per heavy atom. The Morgan fingerprint density at radius 2 is 1.79 bits per heavy atom. The first-order valence-corrected chi connectivity index (χ1v) is 7.22. The van der Waals surface area contributed by atoms with Crippen molar-refractivity contribution in [3.8, 4) is 0 Å². The molecule has 0 atom stereocenters. The Hall–Kier alpha value is -1.33. The number of carbonyl (C=O) groups is 1. The number of halogens is 2. The highest BCUT2D eigenvalue weighted by Gasteiger charge is 2.10. The zero-order chi connectivity index (χ0) is 13.8. The maximum Gasteiger partial charge on any atom is 0.252 e. The van der Waals surface area contributed by atoms with Gasteiger partial charge in [0.05, 0.1) is 5.56 Å². The van der Waals surface area contributed by atoms with E-state index in [1.165, 1.54) is 0 Å². The molecule has 19 heavy (non-hydrogen) atoms. The quantitative estimate of drug-likeness (QED) is 0.793. The topological polar surface area (TPSA) is 55.1 Å². The van der Waals surface area contributed by atoms with Crippen molar-refractivity contribution >= 4 is 43.5 Å². The van der Waals surface area contributed by atoms with Gasteiger partial charge in [-0.1, -0.05) is 28.1 Å². The average molecular weight is 384 g/mol. The average Bonchev–Trinajstić information content (AvgIpc) is 2.40. The van der Waals surface area contributed by atoms with Gasteiger partial charge in [0.1, 0.15) is 0 Å². The molecular weight excluding hydrogens is 372 g/mol. The van der Waals surface area contributed by atoms with Crippen molar-refractivity contribution in [3.63, 3.8) is 0 Å². The van der Waals surface area contributed by atoms with Crippen LogP contribution in [0.2, 0.25) is 0 Å². The third-order valence-electron chi connectivity index (χ3n) is 2.61. The fourth-order valence-electron chi connectivity index (χ4n) is 1.58. The molecule has 0 unspecified atom stereocenters. The third-order valence-corrected chi connectivity index (χ3v) is 3.79. The summed E-state index contributed by atoms with van der Waals surface area (Å²) in [7, 11) is 0. The smallest absolute Gasteiger partial charge is 0.252 e. The number of benzene rings is 2. The monoisotopic (exact) mass is 382 g/mol. The SMILES string of the molecule is Nc1ccc(CNC(=O)c2cc(Br)ccc2Br)cc1. The second-order valence-electron chi connectivity index (χ2n) is 4.05. The number of anilines is 1. The predicted octanol–water partition coefficient (Wildman–Crippen LogP) is 3.72. The van der Waals surface area contributed by atoms with Crippen molar-refractivity contribution in [1.82, 2.24) is 5.32 Å². The van der Waals surface area contributed by atoms with Crippen LogP contribution in [0.25, 0.3) is 0 Å². The number of nitrogens with one attached hydrogen (secondary N) is 1. The molecular formula is C14H12Br2N2O. The fourth-order valence-corrected chi connectivity index (χ4v) is 2.37. The van der Waals surface area contributed by atoms with Crippen molar-refractivity contribution in [2.24, 2.45) is 0 Å². The molecule has 0 bridgehead atoms. The van der Waals surface area contributed by atoms with Crippen LogP contribution >= 0.6 is 31.9 Å². The predicted molar refractivity (Wildman–Crippen MR) is 83.9 cm³/mol. The summed E-state index contributed by atoms with van der Waals surface area (Å²) in [5.74, 6) is -0.120. The summed E-state index contributed by atoms with van der Waals surface area (Å²) in [5, 5.41) is 2.87. The molecule has 0 spiro atoms. The summed E-state index contributed by atoms with van der Waals surface area (Å²) in [6.45, 7) is 0.470. The Labute approximate surface area is 128 Å². The minimum Gasteiger partial charge on any atom is -0.399 e. The molecule has 2 aromatic rings. The zero-order valence-electron chi connectivity index (χ0n) is 9.99. The second-order valence-corrected chi connectivity index (χ2v) is 5.82. The van der Waals surface area contributed by atoms with Crippen molar-refractivity contribution in [2.45, 2.75) is 6.54 Å². The summed E-state index contributed by atoms with van der Waals surface area (Å²) in [5.41, 5.74) is 7.93. The summed E-state index contributed by atoms with van der Waals surface area (Å²) >= 11 is 6.72. The van der Waals surface area contributed by atoms with Gasteiger partial charge in [0.15, 0.2) is 0 Å². The maximum absolute atomic E-state index is 12.1. The van der Waals surface area contributed by atoms with Gasteiger partial charge in [-0.25, -0.2) is 0 Å². The lowest BCUT2D eigenvalue weighted by atomic mass is 10.2. The van der Waals surface area contributed by atoms with E-state index < -0.39 is 0 Å². The molecule has 0 fully saturated rings. The molecule has 1 amide bonds. The van der Waals surface area contributed by atoms with Crippen LogP contribution in [0.1, 0.15) is 15.9 Å². The molecule has 5 heteroatoms. The van der Waals surface area contributed by atoms with Crippen LogP contribution in [0.15, 0.2) is 51.4 Å². The van der Waals surface area contributed by atoms with Gasteiger partial charge in [0, 0.05) is 21.2 Å². The Balaban J connectivity index is 2.05. The minimum absolute atomic E-state index is 0.120. The number of rotatable bonds is 3. The second kappa shape index (κ2) is 6.21. The molecule has 0 saturated carbocycles. The van der Waals surface area contributed by atoms with Crippen LogP contribution in [0.3, 0.4) is 0 Å². The molecule has 0 saturated heterocycles. The van der Waals surface area contributed by atoms with Crippen molar-refractivity contribution in [3.05, 3.63) is 62.5 Å². The van der Waals surface area contributed by atoms with Crippen LogP contribution in [-0.4, -0.2) is 5.91 Å². The highest BCUT2D eigenvalue weighted by atomic mass is 79.9. The number of amides is 1. The zero-order valence-corrected chi connectivity index (χ0v) is 13.2. The third kappa shape index (κ3) is 3.81. The first-order chi connectivity index (χ1) is 9.06. The molecule has 0 radical (unpaired) electrons.